The van der Waals surface area contributed by atoms with Gasteiger partial charge in [-0.15, -0.1) is 0 Å². The van der Waals surface area contributed by atoms with E-state index in [0.717, 1.165) is 11.3 Å². The third-order valence-corrected chi connectivity index (χ3v) is 3.27. The van der Waals surface area contributed by atoms with Crippen LogP contribution in [0.4, 0.5) is 0 Å². The Morgan fingerprint density at radius 2 is 1.82 bits per heavy atom. The van der Waals surface area contributed by atoms with E-state index in [9.17, 15) is 4.79 Å². The first kappa shape index (κ1) is 16.3. The molecule has 1 amide bonds. The number of nitrogens with zero attached hydrogens (tertiary/aromatic N) is 1. The first-order valence-corrected chi connectivity index (χ1v) is 7.53. The molecule has 0 aliphatic rings. The molecule has 0 fully saturated rings. The SMILES string of the molecule is CC(C)(C)NCC(=O)N(Cc1ccccc1)Cc1ccco1. The van der Waals surface area contributed by atoms with E-state index in [4.69, 9.17) is 4.42 Å². The van der Waals surface area contributed by atoms with Gasteiger partial charge in [0.1, 0.15) is 5.76 Å². The fraction of sp³-hybridized carbons (Fsp3) is 0.389. The number of carbonyl (C=O) groups excluding carboxylic acids is 1. The van der Waals surface area contributed by atoms with Gasteiger partial charge in [-0.25, -0.2) is 0 Å². The molecule has 1 aromatic heterocycles. The van der Waals surface area contributed by atoms with Gasteiger partial charge in [0, 0.05) is 12.1 Å². The van der Waals surface area contributed by atoms with Crippen LogP contribution in [0.5, 0.6) is 0 Å². The van der Waals surface area contributed by atoms with E-state index >= 15 is 0 Å². The summed E-state index contributed by atoms with van der Waals surface area (Å²) in [6.45, 7) is 7.52. The number of benzene rings is 1. The predicted molar refractivity (Wildman–Crippen MR) is 87.2 cm³/mol. The Labute approximate surface area is 132 Å². The van der Waals surface area contributed by atoms with Crippen molar-refractivity contribution in [3.8, 4) is 0 Å². The average Bonchev–Trinajstić information content (AvgIpc) is 2.97. The summed E-state index contributed by atoms with van der Waals surface area (Å²) in [4.78, 5) is 14.4. The number of furan rings is 1. The molecule has 0 saturated heterocycles. The molecule has 1 N–H and O–H groups in total. The standard InChI is InChI=1S/C18H24N2O2/c1-18(2,3)19-12-17(21)20(14-16-10-7-11-22-16)13-15-8-5-4-6-9-15/h4-11,19H,12-14H2,1-3H3. The number of nitrogens with one attached hydrogen (secondary N) is 1. The van der Waals surface area contributed by atoms with E-state index in [1.54, 1.807) is 6.26 Å². The second-order valence-electron chi connectivity index (χ2n) is 6.42. The van der Waals surface area contributed by atoms with Crippen molar-refractivity contribution in [2.24, 2.45) is 0 Å². The lowest BCUT2D eigenvalue weighted by Crippen LogP contribution is -2.44. The van der Waals surface area contributed by atoms with Crippen LogP contribution < -0.4 is 5.32 Å². The number of hydrogen-bond donors (Lipinski definition) is 1. The Hall–Kier alpha value is -2.07. The van der Waals surface area contributed by atoms with Gasteiger partial charge < -0.3 is 14.6 Å². The highest BCUT2D eigenvalue weighted by Crippen LogP contribution is 2.11. The Morgan fingerprint density at radius 3 is 2.41 bits per heavy atom. The second-order valence-corrected chi connectivity index (χ2v) is 6.42. The molecule has 0 aliphatic carbocycles. The van der Waals surface area contributed by atoms with Crippen LogP contribution in [-0.2, 0) is 17.9 Å². The number of amides is 1. The highest BCUT2D eigenvalue weighted by molar-refractivity contribution is 5.78. The molecule has 0 saturated carbocycles. The molecule has 0 spiro atoms. The van der Waals surface area contributed by atoms with Gasteiger partial charge in [0.15, 0.2) is 0 Å². The van der Waals surface area contributed by atoms with Crippen LogP contribution in [0, 0.1) is 0 Å². The van der Waals surface area contributed by atoms with Gasteiger partial charge in [-0.05, 0) is 38.5 Å². The molecule has 2 rings (SSSR count). The van der Waals surface area contributed by atoms with Crippen LogP contribution in [0.3, 0.4) is 0 Å². The van der Waals surface area contributed by atoms with Gasteiger partial charge in [0.2, 0.25) is 5.91 Å². The van der Waals surface area contributed by atoms with E-state index in [1.807, 2.05) is 68.1 Å². The molecular weight excluding hydrogens is 276 g/mol. The van der Waals surface area contributed by atoms with Crippen LogP contribution >= 0.6 is 0 Å². The maximum absolute atomic E-state index is 12.5. The largest absolute Gasteiger partial charge is 0.467 e. The molecule has 1 heterocycles. The second kappa shape index (κ2) is 7.27. The average molecular weight is 300 g/mol. The van der Waals surface area contributed by atoms with Crippen molar-refractivity contribution in [3.63, 3.8) is 0 Å². The maximum atomic E-state index is 12.5. The molecule has 0 bridgehead atoms. The van der Waals surface area contributed by atoms with E-state index in [2.05, 4.69) is 5.32 Å². The quantitative estimate of drug-likeness (QED) is 0.891. The van der Waals surface area contributed by atoms with Gasteiger partial charge in [0.05, 0.1) is 19.4 Å². The van der Waals surface area contributed by atoms with E-state index in [1.165, 1.54) is 0 Å². The summed E-state index contributed by atoms with van der Waals surface area (Å²) in [6.07, 6.45) is 1.63. The molecule has 118 valence electrons. The van der Waals surface area contributed by atoms with Gasteiger partial charge in [-0.2, -0.15) is 0 Å². The molecule has 0 radical (unpaired) electrons. The summed E-state index contributed by atoms with van der Waals surface area (Å²) in [6, 6.07) is 13.7. The monoisotopic (exact) mass is 300 g/mol. The maximum Gasteiger partial charge on any atom is 0.237 e. The fourth-order valence-corrected chi connectivity index (χ4v) is 2.08. The van der Waals surface area contributed by atoms with Gasteiger partial charge in [0.25, 0.3) is 0 Å². The minimum Gasteiger partial charge on any atom is -0.467 e. The van der Waals surface area contributed by atoms with Crippen molar-refractivity contribution in [3.05, 3.63) is 60.1 Å². The zero-order chi connectivity index (χ0) is 16.0. The predicted octanol–water partition coefficient (Wildman–Crippen LogP) is 3.20. The van der Waals surface area contributed by atoms with Crippen LogP contribution in [0.2, 0.25) is 0 Å². The number of carbonyl (C=O) groups is 1. The Kier molecular flexibility index (Phi) is 5.39. The molecule has 0 atom stereocenters. The lowest BCUT2D eigenvalue weighted by molar-refractivity contribution is -0.132. The lowest BCUT2D eigenvalue weighted by Gasteiger charge is -2.25. The molecule has 0 unspecified atom stereocenters. The van der Waals surface area contributed by atoms with Crippen LogP contribution in [-0.4, -0.2) is 22.9 Å². The fourth-order valence-electron chi connectivity index (χ4n) is 2.08. The molecule has 22 heavy (non-hydrogen) atoms. The number of rotatable bonds is 6. The number of hydrogen-bond acceptors (Lipinski definition) is 3. The molecule has 0 aliphatic heterocycles. The third kappa shape index (κ3) is 5.37. The highest BCUT2D eigenvalue weighted by atomic mass is 16.3. The van der Waals surface area contributed by atoms with Crippen LogP contribution in [0.1, 0.15) is 32.1 Å². The zero-order valence-corrected chi connectivity index (χ0v) is 13.5. The zero-order valence-electron chi connectivity index (χ0n) is 13.5. The van der Waals surface area contributed by atoms with E-state index in [-0.39, 0.29) is 11.4 Å². The minimum atomic E-state index is -0.0846. The molecule has 2 aromatic rings. The van der Waals surface area contributed by atoms with Gasteiger partial charge in [-0.3, -0.25) is 4.79 Å². The van der Waals surface area contributed by atoms with Gasteiger partial charge in [-0.1, -0.05) is 30.3 Å². The minimum absolute atomic E-state index is 0.0650. The smallest absolute Gasteiger partial charge is 0.237 e. The Balaban J connectivity index is 2.05. The first-order valence-electron chi connectivity index (χ1n) is 7.53. The van der Waals surface area contributed by atoms with Crippen molar-refractivity contribution < 1.29 is 9.21 Å². The Morgan fingerprint density at radius 1 is 1.09 bits per heavy atom. The lowest BCUT2D eigenvalue weighted by atomic mass is 10.1. The van der Waals surface area contributed by atoms with Gasteiger partial charge >= 0.3 is 0 Å². The summed E-state index contributed by atoms with van der Waals surface area (Å²) >= 11 is 0. The first-order chi connectivity index (χ1) is 10.4. The molecular formula is C18H24N2O2. The third-order valence-electron chi connectivity index (χ3n) is 3.27. The Bertz CT molecular complexity index is 571. The summed E-state index contributed by atoms with van der Waals surface area (Å²) in [7, 11) is 0. The van der Waals surface area contributed by atoms with Crippen molar-refractivity contribution in [1.29, 1.82) is 0 Å². The van der Waals surface area contributed by atoms with E-state index in [0.29, 0.717) is 19.6 Å². The topological polar surface area (TPSA) is 45.5 Å². The summed E-state index contributed by atoms with van der Waals surface area (Å²) in [5.41, 5.74) is 1.02. The normalized spacial score (nSPS) is 11.4. The van der Waals surface area contributed by atoms with Crippen molar-refractivity contribution >= 4 is 5.91 Å². The van der Waals surface area contributed by atoms with Crippen LogP contribution in [0.15, 0.2) is 53.1 Å². The molecule has 4 heteroatoms. The molecule has 4 nitrogen and oxygen atoms in total. The van der Waals surface area contributed by atoms with Crippen molar-refractivity contribution in [1.82, 2.24) is 10.2 Å². The van der Waals surface area contributed by atoms with Crippen molar-refractivity contribution in [2.45, 2.75) is 39.4 Å². The van der Waals surface area contributed by atoms with Crippen molar-refractivity contribution in [2.75, 3.05) is 6.54 Å². The van der Waals surface area contributed by atoms with Crippen LogP contribution in [0.25, 0.3) is 0 Å². The summed E-state index contributed by atoms with van der Waals surface area (Å²) in [5, 5.41) is 3.25. The summed E-state index contributed by atoms with van der Waals surface area (Å²) in [5.74, 6) is 0.857. The molecule has 1 aromatic carbocycles. The highest BCUT2D eigenvalue weighted by Gasteiger charge is 2.18. The van der Waals surface area contributed by atoms with E-state index < -0.39 is 0 Å². The summed E-state index contributed by atoms with van der Waals surface area (Å²) < 4.78 is 5.38.